The van der Waals surface area contributed by atoms with E-state index in [1.165, 1.54) is 11.9 Å². The van der Waals surface area contributed by atoms with Gasteiger partial charge in [0, 0.05) is 12.1 Å². The summed E-state index contributed by atoms with van der Waals surface area (Å²) in [7, 11) is 1.52. The van der Waals surface area contributed by atoms with Gasteiger partial charge in [-0.15, -0.1) is 0 Å². The lowest BCUT2D eigenvalue weighted by molar-refractivity contribution is -0.148. The Balaban J connectivity index is 2.39. The van der Waals surface area contributed by atoms with Gasteiger partial charge in [0.1, 0.15) is 0 Å². The van der Waals surface area contributed by atoms with Crippen LogP contribution in [0, 0.1) is 0 Å². The fraction of sp³-hybridized carbons (Fsp3) is 1.00. The van der Waals surface area contributed by atoms with Gasteiger partial charge in [-0.2, -0.15) is 13.2 Å². The molecule has 5 heteroatoms. The van der Waals surface area contributed by atoms with Crippen LogP contribution >= 0.6 is 0 Å². The highest BCUT2D eigenvalue weighted by Crippen LogP contribution is 2.24. The van der Waals surface area contributed by atoms with E-state index in [9.17, 15) is 13.2 Å². The summed E-state index contributed by atoms with van der Waals surface area (Å²) in [6, 6.07) is 0.0739. The fourth-order valence-electron chi connectivity index (χ4n) is 2.01. The van der Waals surface area contributed by atoms with E-state index in [-0.39, 0.29) is 12.1 Å². The molecule has 0 heterocycles. The molecule has 0 bridgehead atoms. The number of halogens is 3. The molecule has 2 nitrogen and oxygen atoms in total. The van der Waals surface area contributed by atoms with Crippen molar-refractivity contribution in [3.8, 4) is 0 Å². The second-order valence-electron chi connectivity index (χ2n) is 4.11. The Hall–Kier alpha value is -0.290. The fourth-order valence-corrected chi connectivity index (χ4v) is 2.01. The largest absolute Gasteiger partial charge is 0.401 e. The Morgan fingerprint density at radius 2 is 2.00 bits per heavy atom. The standard InChI is InChI=1S/C9H17F3N2/c1-14(6-9(10,11)12)8-4-2-3-7(13)5-8/h7-8H,2-6,13H2,1H3. The zero-order chi connectivity index (χ0) is 10.8. The van der Waals surface area contributed by atoms with Crippen LogP contribution in [-0.4, -0.2) is 36.8 Å². The first-order chi connectivity index (χ1) is 6.38. The second kappa shape index (κ2) is 4.49. The maximum absolute atomic E-state index is 12.1. The van der Waals surface area contributed by atoms with Crippen molar-refractivity contribution in [3.05, 3.63) is 0 Å². The summed E-state index contributed by atoms with van der Waals surface area (Å²) in [6.45, 7) is -0.829. The lowest BCUT2D eigenvalue weighted by atomic mass is 9.91. The number of rotatable bonds is 2. The zero-order valence-corrected chi connectivity index (χ0v) is 8.35. The molecule has 2 N–H and O–H groups in total. The van der Waals surface area contributed by atoms with Crippen LogP contribution in [0.25, 0.3) is 0 Å². The van der Waals surface area contributed by atoms with Crippen LogP contribution in [0.2, 0.25) is 0 Å². The zero-order valence-electron chi connectivity index (χ0n) is 8.35. The van der Waals surface area contributed by atoms with Crippen LogP contribution in [0.5, 0.6) is 0 Å². The Morgan fingerprint density at radius 3 is 2.50 bits per heavy atom. The molecule has 0 radical (unpaired) electrons. The summed E-state index contributed by atoms with van der Waals surface area (Å²) >= 11 is 0. The molecule has 0 amide bonds. The SMILES string of the molecule is CN(CC(F)(F)F)C1CCCC(N)C1. The van der Waals surface area contributed by atoms with E-state index in [1.54, 1.807) is 0 Å². The molecule has 2 atom stereocenters. The molecule has 14 heavy (non-hydrogen) atoms. The van der Waals surface area contributed by atoms with Crippen LogP contribution in [0.1, 0.15) is 25.7 Å². The minimum atomic E-state index is -4.10. The summed E-state index contributed by atoms with van der Waals surface area (Å²) in [5, 5.41) is 0. The summed E-state index contributed by atoms with van der Waals surface area (Å²) in [6.07, 6.45) is -0.701. The van der Waals surface area contributed by atoms with Gasteiger partial charge in [0.25, 0.3) is 0 Å². The minimum absolute atomic E-state index is 0.000347. The minimum Gasteiger partial charge on any atom is -0.328 e. The number of hydrogen-bond acceptors (Lipinski definition) is 2. The van der Waals surface area contributed by atoms with Crippen molar-refractivity contribution in [1.29, 1.82) is 0 Å². The number of alkyl halides is 3. The van der Waals surface area contributed by atoms with Crippen LogP contribution in [-0.2, 0) is 0 Å². The van der Waals surface area contributed by atoms with E-state index in [0.29, 0.717) is 6.42 Å². The molecule has 0 aromatic rings. The average Bonchev–Trinajstić information content (AvgIpc) is 2.01. The summed E-state index contributed by atoms with van der Waals surface area (Å²) in [5.41, 5.74) is 5.72. The molecule has 1 saturated carbocycles. The maximum Gasteiger partial charge on any atom is 0.401 e. The van der Waals surface area contributed by atoms with Crippen molar-refractivity contribution in [1.82, 2.24) is 4.90 Å². The van der Waals surface area contributed by atoms with Gasteiger partial charge in [0.05, 0.1) is 6.54 Å². The first-order valence-corrected chi connectivity index (χ1v) is 4.91. The van der Waals surface area contributed by atoms with Crippen molar-refractivity contribution >= 4 is 0 Å². The lowest BCUT2D eigenvalue weighted by Gasteiger charge is -2.34. The van der Waals surface area contributed by atoms with Crippen LogP contribution < -0.4 is 5.73 Å². The van der Waals surface area contributed by atoms with Crippen molar-refractivity contribution < 1.29 is 13.2 Å². The van der Waals surface area contributed by atoms with Gasteiger partial charge in [0.2, 0.25) is 0 Å². The molecule has 0 spiro atoms. The highest BCUT2D eigenvalue weighted by Gasteiger charge is 2.33. The Labute approximate surface area is 82.2 Å². The summed E-state index contributed by atoms with van der Waals surface area (Å²) in [5.74, 6) is 0. The van der Waals surface area contributed by atoms with E-state index >= 15 is 0 Å². The van der Waals surface area contributed by atoms with Gasteiger partial charge >= 0.3 is 6.18 Å². The third-order valence-electron chi connectivity index (χ3n) is 2.74. The monoisotopic (exact) mass is 210 g/mol. The highest BCUT2D eigenvalue weighted by molar-refractivity contribution is 4.81. The van der Waals surface area contributed by atoms with Crippen LogP contribution in [0.4, 0.5) is 13.2 Å². The molecule has 0 saturated heterocycles. The Bertz CT molecular complexity index is 181. The van der Waals surface area contributed by atoms with Gasteiger partial charge in [-0.05, 0) is 26.3 Å². The van der Waals surface area contributed by atoms with Crippen molar-refractivity contribution in [3.63, 3.8) is 0 Å². The first kappa shape index (κ1) is 11.8. The van der Waals surface area contributed by atoms with Crippen LogP contribution in [0.15, 0.2) is 0 Å². The molecule has 2 unspecified atom stereocenters. The van der Waals surface area contributed by atoms with E-state index < -0.39 is 12.7 Å². The average molecular weight is 210 g/mol. The second-order valence-corrected chi connectivity index (χ2v) is 4.11. The lowest BCUT2D eigenvalue weighted by Crippen LogP contribution is -2.44. The Kier molecular flexibility index (Phi) is 3.78. The van der Waals surface area contributed by atoms with Gasteiger partial charge < -0.3 is 5.73 Å². The molecule has 1 aliphatic carbocycles. The van der Waals surface area contributed by atoms with Gasteiger partial charge in [-0.1, -0.05) is 6.42 Å². The molecule has 1 rings (SSSR count). The van der Waals surface area contributed by atoms with Gasteiger partial charge in [-0.25, -0.2) is 0 Å². The molecule has 0 aliphatic heterocycles. The molecular formula is C9H17F3N2. The Morgan fingerprint density at radius 1 is 1.36 bits per heavy atom. The van der Waals surface area contributed by atoms with Crippen molar-refractivity contribution in [2.45, 2.75) is 43.9 Å². The predicted octanol–water partition coefficient (Wildman–Crippen LogP) is 1.75. The molecule has 1 aliphatic rings. The number of hydrogen-bond donors (Lipinski definition) is 1. The normalized spacial score (nSPS) is 29.6. The van der Waals surface area contributed by atoms with E-state index in [4.69, 9.17) is 5.73 Å². The third kappa shape index (κ3) is 3.84. The topological polar surface area (TPSA) is 29.3 Å². The quantitative estimate of drug-likeness (QED) is 0.752. The van der Waals surface area contributed by atoms with Crippen LogP contribution in [0.3, 0.4) is 0 Å². The molecule has 0 aromatic heterocycles. The van der Waals surface area contributed by atoms with E-state index in [0.717, 1.165) is 19.3 Å². The first-order valence-electron chi connectivity index (χ1n) is 4.91. The predicted molar refractivity (Wildman–Crippen MR) is 48.9 cm³/mol. The smallest absolute Gasteiger partial charge is 0.328 e. The van der Waals surface area contributed by atoms with Crippen molar-refractivity contribution in [2.24, 2.45) is 5.73 Å². The van der Waals surface area contributed by atoms with E-state index in [2.05, 4.69) is 0 Å². The van der Waals surface area contributed by atoms with Gasteiger partial charge in [-0.3, -0.25) is 4.90 Å². The maximum atomic E-state index is 12.1. The number of nitrogens with zero attached hydrogens (tertiary/aromatic N) is 1. The molecule has 84 valence electrons. The highest BCUT2D eigenvalue weighted by atomic mass is 19.4. The molecule has 0 aromatic carbocycles. The van der Waals surface area contributed by atoms with Gasteiger partial charge in [0.15, 0.2) is 0 Å². The molecular weight excluding hydrogens is 193 g/mol. The summed E-state index contributed by atoms with van der Waals surface area (Å²) < 4.78 is 36.3. The summed E-state index contributed by atoms with van der Waals surface area (Å²) in [4.78, 5) is 1.37. The number of nitrogens with two attached hydrogens (primary N) is 1. The van der Waals surface area contributed by atoms with Crippen molar-refractivity contribution in [2.75, 3.05) is 13.6 Å². The third-order valence-corrected chi connectivity index (χ3v) is 2.74. The molecule has 1 fully saturated rings. The van der Waals surface area contributed by atoms with E-state index in [1.807, 2.05) is 0 Å².